The molecule has 0 radical (unpaired) electrons. The van der Waals surface area contributed by atoms with E-state index in [1.165, 1.54) is 70.6 Å². The Bertz CT molecular complexity index is 294. The van der Waals surface area contributed by atoms with E-state index in [2.05, 4.69) is 13.8 Å². The highest BCUT2D eigenvalue weighted by atomic mass is 16.6. The number of hydrogen-bond donors (Lipinski definition) is 0. The maximum Gasteiger partial charge on any atom is 0.305 e. The largest absolute Gasteiger partial charge is 0.463 e. The van der Waals surface area contributed by atoms with Crippen LogP contribution in [0.15, 0.2) is 0 Å². The van der Waals surface area contributed by atoms with Crippen molar-refractivity contribution in [3.63, 3.8) is 0 Å². The molecule has 0 aromatic rings. The minimum atomic E-state index is -0.0923. The Morgan fingerprint density at radius 3 is 1.56 bits per heavy atom. The minimum absolute atomic E-state index is 0.0923. The quantitative estimate of drug-likeness (QED) is 0.158. The summed E-state index contributed by atoms with van der Waals surface area (Å²) >= 11 is 0. The summed E-state index contributed by atoms with van der Waals surface area (Å²) in [5, 5.41) is 0. The van der Waals surface area contributed by atoms with Crippen molar-refractivity contribution in [2.24, 2.45) is 0 Å². The molecule has 0 unspecified atom stereocenters. The summed E-state index contributed by atoms with van der Waals surface area (Å²) in [4.78, 5) is 11.6. The molecule has 0 aliphatic heterocycles. The first-order valence-electron chi connectivity index (χ1n) is 11.6. The van der Waals surface area contributed by atoms with E-state index in [-0.39, 0.29) is 5.97 Å². The predicted molar refractivity (Wildman–Crippen MR) is 113 cm³/mol. The summed E-state index contributed by atoms with van der Waals surface area (Å²) in [6, 6.07) is 0. The highest BCUT2D eigenvalue weighted by Gasteiger charge is 2.02. The van der Waals surface area contributed by atoms with Crippen LogP contribution >= 0.6 is 0 Å². The van der Waals surface area contributed by atoms with Crippen LogP contribution in [0.2, 0.25) is 0 Å². The SMILES string of the molecule is CCCCCCCCCCCCCC(=O)OCCOCCOCCCCC. The number of rotatable bonds is 22. The molecule has 0 aromatic heterocycles. The number of esters is 1. The average molecular weight is 387 g/mol. The molecule has 0 saturated carbocycles. The number of hydrogen-bond acceptors (Lipinski definition) is 4. The Morgan fingerprint density at radius 2 is 0.963 bits per heavy atom. The standard InChI is InChI=1S/C23H46O4/c1-3-5-7-8-9-10-11-12-13-14-15-17-23(24)27-22-21-26-20-19-25-18-16-6-4-2/h3-22H2,1-2H3. The van der Waals surface area contributed by atoms with Crippen LogP contribution in [0.1, 0.15) is 110 Å². The molecular weight excluding hydrogens is 340 g/mol. The van der Waals surface area contributed by atoms with Crippen LogP contribution in [0.3, 0.4) is 0 Å². The molecule has 27 heavy (non-hydrogen) atoms. The summed E-state index contributed by atoms with van der Waals surface area (Å²) in [5.74, 6) is -0.0923. The van der Waals surface area contributed by atoms with Gasteiger partial charge in [-0.3, -0.25) is 4.79 Å². The molecule has 0 heterocycles. The second kappa shape index (κ2) is 23.4. The van der Waals surface area contributed by atoms with Crippen molar-refractivity contribution >= 4 is 5.97 Å². The van der Waals surface area contributed by atoms with Crippen molar-refractivity contribution in [1.82, 2.24) is 0 Å². The second-order valence-electron chi connectivity index (χ2n) is 7.44. The van der Waals surface area contributed by atoms with Gasteiger partial charge >= 0.3 is 5.97 Å². The summed E-state index contributed by atoms with van der Waals surface area (Å²) in [6.07, 6.45) is 18.3. The molecule has 0 aliphatic carbocycles. The van der Waals surface area contributed by atoms with E-state index in [1.54, 1.807) is 0 Å². The molecule has 0 rings (SSSR count). The topological polar surface area (TPSA) is 44.8 Å². The Balaban J connectivity index is 3.13. The van der Waals surface area contributed by atoms with Gasteiger partial charge in [-0.25, -0.2) is 0 Å². The Kier molecular flexibility index (Phi) is 22.9. The maximum atomic E-state index is 11.6. The van der Waals surface area contributed by atoms with Gasteiger partial charge in [-0.15, -0.1) is 0 Å². The first-order chi connectivity index (χ1) is 13.3. The van der Waals surface area contributed by atoms with E-state index in [0.717, 1.165) is 25.9 Å². The lowest BCUT2D eigenvalue weighted by molar-refractivity contribution is -0.145. The van der Waals surface area contributed by atoms with Crippen molar-refractivity contribution in [2.75, 3.05) is 33.0 Å². The normalized spacial score (nSPS) is 11.0. The first kappa shape index (κ1) is 26.4. The highest BCUT2D eigenvalue weighted by molar-refractivity contribution is 5.69. The zero-order valence-electron chi connectivity index (χ0n) is 18.3. The molecule has 0 bridgehead atoms. The van der Waals surface area contributed by atoms with E-state index >= 15 is 0 Å². The Labute approximate surface area is 168 Å². The molecule has 0 N–H and O–H groups in total. The van der Waals surface area contributed by atoms with Gasteiger partial charge in [0.15, 0.2) is 0 Å². The molecule has 0 spiro atoms. The minimum Gasteiger partial charge on any atom is -0.463 e. The zero-order valence-corrected chi connectivity index (χ0v) is 18.3. The van der Waals surface area contributed by atoms with Gasteiger partial charge in [-0.1, -0.05) is 90.9 Å². The van der Waals surface area contributed by atoms with Crippen LogP contribution in [0, 0.1) is 0 Å². The second-order valence-corrected chi connectivity index (χ2v) is 7.44. The summed E-state index contributed by atoms with van der Waals surface area (Å²) in [7, 11) is 0. The molecule has 0 fully saturated rings. The molecular formula is C23H46O4. The fourth-order valence-electron chi connectivity index (χ4n) is 3.00. The van der Waals surface area contributed by atoms with Gasteiger partial charge in [-0.2, -0.15) is 0 Å². The van der Waals surface area contributed by atoms with Crippen molar-refractivity contribution in [3.8, 4) is 0 Å². The lowest BCUT2D eigenvalue weighted by Crippen LogP contribution is -2.13. The van der Waals surface area contributed by atoms with E-state index in [4.69, 9.17) is 14.2 Å². The van der Waals surface area contributed by atoms with Gasteiger partial charge in [0.05, 0.1) is 19.8 Å². The third-order valence-corrected chi connectivity index (χ3v) is 4.74. The van der Waals surface area contributed by atoms with Crippen LogP contribution in [0.5, 0.6) is 0 Å². The van der Waals surface area contributed by atoms with E-state index < -0.39 is 0 Å². The van der Waals surface area contributed by atoms with E-state index in [9.17, 15) is 4.79 Å². The third-order valence-electron chi connectivity index (χ3n) is 4.74. The lowest BCUT2D eigenvalue weighted by atomic mass is 10.1. The zero-order chi connectivity index (χ0) is 19.8. The fourth-order valence-corrected chi connectivity index (χ4v) is 3.00. The van der Waals surface area contributed by atoms with Crippen LogP contribution < -0.4 is 0 Å². The van der Waals surface area contributed by atoms with Crippen LogP contribution in [0.25, 0.3) is 0 Å². The third kappa shape index (κ3) is 23.4. The van der Waals surface area contributed by atoms with Crippen molar-refractivity contribution < 1.29 is 19.0 Å². The smallest absolute Gasteiger partial charge is 0.305 e. The maximum absolute atomic E-state index is 11.6. The van der Waals surface area contributed by atoms with Gasteiger partial charge in [0.1, 0.15) is 6.61 Å². The fraction of sp³-hybridized carbons (Fsp3) is 0.957. The lowest BCUT2D eigenvalue weighted by Gasteiger charge is -2.07. The monoisotopic (exact) mass is 386 g/mol. The van der Waals surface area contributed by atoms with E-state index in [1.807, 2.05) is 0 Å². The molecule has 4 heteroatoms. The van der Waals surface area contributed by atoms with Gasteiger partial charge < -0.3 is 14.2 Å². The average Bonchev–Trinajstić information content (AvgIpc) is 2.67. The molecule has 0 aromatic carbocycles. The molecule has 0 atom stereocenters. The van der Waals surface area contributed by atoms with Crippen LogP contribution in [0.4, 0.5) is 0 Å². The number of carbonyl (C=O) groups excluding carboxylic acids is 1. The molecule has 0 saturated heterocycles. The van der Waals surface area contributed by atoms with Gasteiger partial charge in [0, 0.05) is 13.0 Å². The summed E-state index contributed by atoms with van der Waals surface area (Å²) in [5.41, 5.74) is 0. The van der Waals surface area contributed by atoms with Crippen molar-refractivity contribution in [2.45, 2.75) is 110 Å². The summed E-state index contributed by atoms with van der Waals surface area (Å²) < 4.78 is 16.0. The molecule has 162 valence electrons. The van der Waals surface area contributed by atoms with Crippen molar-refractivity contribution in [3.05, 3.63) is 0 Å². The Hall–Kier alpha value is -0.610. The van der Waals surface area contributed by atoms with Crippen LogP contribution in [-0.4, -0.2) is 39.0 Å². The predicted octanol–water partition coefficient (Wildman–Crippen LogP) is 6.45. The number of unbranched alkanes of at least 4 members (excludes halogenated alkanes) is 12. The van der Waals surface area contributed by atoms with Crippen LogP contribution in [-0.2, 0) is 19.0 Å². The first-order valence-corrected chi connectivity index (χ1v) is 11.6. The highest BCUT2D eigenvalue weighted by Crippen LogP contribution is 2.12. The van der Waals surface area contributed by atoms with Gasteiger partial charge in [-0.05, 0) is 12.8 Å². The van der Waals surface area contributed by atoms with Gasteiger partial charge in [0.2, 0.25) is 0 Å². The molecule has 4 nitrogen and oxygen atoms in total. The molecule has 0 amide bonds. The molecule has 0 aliphatic rings. The number of ether oxygens (including phenoxy) is 3. The van der Waals surface area contributed by atoms with Crippen molar-refractivity contribution in [1.29, 1.82) is 0 Å². The number of carbonyl (C=O) groups is 1. The Morgan fingerprint density at radius 1 is 0.519 bits per heavy atom. The van der Waals surface area contributed by atoms with E-state index in [0.29, 0.717) is 32.8 Å². The van der Waals surface area contributed by atoms with Gasteiger partial charge in [0.25, 0.3) is 0 Å². The summed E-state index contributed by atoms with van der Waals surface area (Å²) in [6.45, 7) is 7.26.